The first-order chi connectivity index (χ1) is 10.1. The number of halogens is 2. The molecule has 2 aromatic heterocycles. The molecule has 21 heavy (non-hydrogen) atoms. The third-order valence-corrected chi connectivity index (χ3v) is 4.33. The van der Waals surface area contributed by atoms with Gasteiger partial charge in [-0.2, -0.15) is 0 Å². The zero-order chi connectivity index (χ0) is 15.0. The molecule has 0 radical (unpaired) electrons. The Labute approximate surface area is 128 Å². The SMILES string of the molecule is Nc1c(C(=O)Nc2ccc(Cl)c(F)c2)sc2cccnc12. The third-order valence-electron chi connectivity index (χ3n) is 2.87. The number of rotatable bonds is 2. The summed E-state index contributed by atoms with van der Waals surface area (Å²) in [5.41, 5.74) is 7.17. The minimum Gasteiger partial charge on any atom is -0.396 e. The molecule has 0 aliphatic carbocycles. The van der Waals surface area contributed by atoms with E-state index in [4.69, 9.17) is 17.3 Å². The molecule has 0 aliphatic heterocycles. The van der Waals surface area contributed by atoms with Gasteiger partial charge in [-0.3, -0.25) is 9.78 Å². The van der Waals surface area contributed by atoms with Crippen LogP contribution in [0.3, 0.4) is 0 Å². The summed E-state index contributed by atoms with van der Waals surface area (Å²) in [6, 6.07) is 7.66. The number of pyridine rings is 1. The van der Waals surface area contributed by atoms with Crippen molar-refractivity contribution in [3.63, 3.8) is 0 Å². The molecule has 7 heteroatoms. The first-order valence-corrected chi connectivity index (χ1v) is 7.15. The van der Waals surface area contributed by atoms with E-state index in [0.29, 0.717) is 21.8 Å². The van der Waals surface area contributed by atoms with Crippen LogP contribution in [-0.4, -0.2) is 10.9 Å². The Bertz CT molecular complexity index is 849. The van der Waals surface area contributed by atoms with E-state index in [0.717, 1.165) is 10.8 Å². The fourth-order valence-corrected chi connectivity index (χ4v) is 2.97. The maximum atomic E-state index is 13.4. The topological polar surface area (TPSA) is 68.0 Å². The molecule has 4 nitrogen and oxygen atoms in total. The van der Waals surface area contributed by atoms with Crippen LogP contribution in [0.25, 0.3) is 10.2 Å². The lowest BCUT2D eigenvalue weighted by Gasteiger charge is -2.05. The number of carbonyl (C=O) groups is 1. The number of nitrogens with one attached hydrogen (secondary N) is 1. The zero-order valence-corrected chi connectivity index (χ0v) is 12.1. The van der Waals surface area contributed by atoms with Crippen molar-refractivity contribution >= 4 is 50.4 Å². The summed E-state index contributed by atoms with van der Waals surface area (Å²) in [5.74, 6) is -1.00. The number of fused-ring (bicyclic) bond motifs is 1. The lowest BCUT2D eigenvalue weighted by Crippen LogP contribution is -2.12. The minimum atomic E-state index is -0.597. The number of thiophene rings is 1. The Balaban J connectivity index is 1.93. The van der Waals surface area contributed by atoms with E-state index < -0.39 is 11.7 Å². The van der Waals surface area contributed by atoms with Gasteiger partial charge in [-0.05, 0) is 30.3 Å². The monoisotopic (exact) mass is 321 g/mol. The molecule has 0 spiro atoms. The fourth-order valence-electron chi connectivity index (χ4n) is 1.88. The summed E-state index contributed by atoms with van der Waals surface area (Å²) >= 11 is 6.84. The number of benzene rings is 1. The number of anilines is 2. The molecule has 3 N–H and O–H groups in total. The second-order valence-electron chi connectivity index (χ2n) is 4.28. The largest absolute Gasteiger partial charge is 0.396 e. The highest BCUT2D eigenvalue weighted by Crippen LogP contribution is 2.32. The standard InChI is InChI=1S/C14H9ClFN3OS/c15-8-4-3-7(6-9(8)16)19-14(20)13-11(17)12-10(21-13)2-1-5-18-12/h1-6H,17H2,(H,19,20). The molecule has 0 saturated carbocycles. The van der Waals surface area contributed by atoms with Gasteiger partial charge >= 0.3 is 0 Å². The van der Waals surface area contributed by atoms with Crippen molar-refractivity contribution in [1.82, 2.24) is 4.98 Å². The molecule has 0 aliphatic rings. The number of nitrogens with two attached hydrogens (primary N) is 1. The summed E-state index contributed by atoms with van der Waals surface area (Å²) in [7, 11) is 0. The Morgan fingerprint density at radius 1 is 1.38 bits per heavy atom. The molecule has 0 fully saturated rings. The molecule has 0 saturated heterocycles. The van der Waals surface area contributed by atoms with Gasteiger partial charge in [0.05, 0.1) is 15.4 Å². The van der Waals surface area contributed by atoms with E-state index in [2.05, 4.69) is 10.3 Å². The summed E-state index contributed by atoms with van der Waals surface area (Å²) in [5, 5.41) is 2.59. The first kappa shape index (κ1) is 13.8. The number of hydrogen-bond donors (Lipinski definition) is 2. The molecule has 0 unspecified atom stereocenters. The number of carbonyl (C=O) groups excluding carboxylic acids is 1. The van der Waals surface area contributed by atoms with Crippen molar-refractivity contribution in [2.24, 2.45) is 0 Å². The van der Waals surface area contributed by atoms with Gasteiger partial charge in [0.1, 0.15) is 16.2 Å². The quantitative estimate of drug-likeness (QED) is 0.751. The highest BCUT2D eigenvalue weighted by molar-refractivity contribution is 7.21. The molecule has 0 atom stereocenters. The average molecular weight is 322 g/mol. The number of nitrogens with zero attached hydrogens (tertiary/aromatic N) is 1. The lowest BCUT2D eigenvalue weighted by molar-refractivity contribution is 0.103. The van der Waals surface area contributed by atoms with Gasteiger partial charge in [-0.25, -0.2) is 4.39 Å². The Kier molecular flexibility index (Phi) is 3.48. The molecule has 2 heterocycles. The highest BCUT2D eigenvalue weighted by Gasteiger charge is 2.17. The summed E-state index contributed by atoms with van der Waals surface area (Å²) < 4.78 is 14.2. The van der Waals surface area contributed by atoms with Crippen LogP contribution in [0.5, 0.6) is 0 Å². The molecule has 0 bridgehead atoms. The van der Waals surface area contributed by atoms with Gasteiger partial charge < -0.3 is 11.1 Å². The van der Waals surface area contributed by atoms with E-state index in [9.17, 15) is 9.18 Å². The number of hydrogen-bond acceptors (Lipinski definition) is 4. The average Bonchev–Trinajstić information content (AvgIpc) is 2.81. The molecule has 3 aromatic rings. The van der Waals surface area contributed by atoms with E-state index in [1.54, 1.807) is 12.3 Å². The second kappa shape index (κ2) is 5.31. The first-order valence-electron chi connectivity index (χ1n) is 5.95. The van der Waals surface area contributed by atoms with Gasteiger partial charge in [-0.1, -0.05) is 11.6 Å². The lowest BCUT2D eigenvalue weighted by atomic mass is 10.3. The third kappa shape index (κ3) is 2.55. The summed E-state index contributed by atoms with van der Waals surface area (Å²) in [6.45, 7) is 0. The summed E-state index contributed by atoms with van der Waals surface area (Å²) in [4.78, 5) is 16.7. The minimum absolute atomic E-state index is 0.00132. The molecular weight excluding hydrogens is 313 g/mol. The van der Waals surface area contributed by atoms with Crippen molar-refractivity contribution < 1.29 is 9.18 Å². The molecule has 1 amide bonds. The van der Waals surface area contributed by atoms with Crippen LogP contribution in [0, 0.1) is 5.82 Å². The van der Waals surface area contributed by atoms with Crippen LogP contribution in [0.1, 0.15) is 9.67 Å². The van der Waals surface area contributed by atoms with Crippen molar-refractivity contribution in [2.45, 2.75) is 0 Å². The van der Waals surface area contributed by atoms with Crippen LogP contribution in [0.2, 0.25) is 5.02 Å². The van der Waals surface area contributed by atoms with E-state index >= 15 is 0 Å². The van der Waals surface area contributed by atoms with E-state index in [-0.39, 0.29) is 5.02 Å². The van der Waals surface area contributed by atoms with Crippen molar-refractivity contribution in [1.29, 1.82) is 0 Å². The predicted octanol–water partition coefficient (Wildman–Crippen LogP) is 3.92. The molecule has 106 valence electrons. The highest BCUT2D eigenvalue weighted by atomic mass is 35.5. The van der Waals surface area contributed by atoms with Crippen LogP contribution in [0.4, 0.5) is 15.8 Å². The Morgan fingerprint density at radius 2 is 2.19 bits per heavy atom. The van der Waals surface area contributed by atoms with Gasteiger partial charge in [0.15, 0.2) is 0 Å². The fraction of sp³-hybridized carbons (Fsp3) is 0. The zero-order valence-electron chi connectivity index (χ0n) is 10.6. The second-order valence-corrected chi connectivity index (χ2v) is 5.74. The Morgan fingerprint density at radius 3 is 2.90 bits per heavy atom. The Hall–Kier alpha value is -2.18. The summed E-state index contributed by atoms with van der Waals surface area (Å²) in [6.07, 6.45) is 1.61. The van der Waals surface area contributed by atoms with Crippen LogP contribution >= 0.6 is 22.9 Å². The predicted molar refractivity (Wildman–Crippen MR) is 83.4 cm³/mol. The van der Waals surface area contributed by atoms with E-state index in [1.807, 2.05) is 6.07 Å². The van der Waals surface area contributed by atoms with Crippen LogP contribution in [-0.2, 0) is 0 Å². The van der Waals surface area contributed by atoms with Crippen molar-refractivity contribution in [2.75, 3.05) is 11.1 Å². The number of amides is 1. The molecule has 1 aromatic carbocycles. The van der Waals surface area contributed by atoms with Crippen molar-refractivity contribution in [3.05, 3.63) is 52.2 Å². The normalized spacial score (nSPS) is 10.8. The van der Waals surface area contributed by atoms with Gasteiger partial charge in [0.25, 0.3) is 5.91 Å². The number of nitrogen functional groups attached to an aromatic ring is 1. The van der Waals surface area contributed by atoms with E-state index in [1.165, 1.54) is 23.5 Å². The maximum absolute atomic E-state index is 13.4. The van der Waals surface area contributed by atoms with Crippen molar-refractivity contribution in [3.8, 4) is 0 Å². The smallest absolute Gasteiger partial charge is 0.267 e. The molecule has 3 rings (SSSR count). The molecular formula is C14H9ClFN3OS. The van der Waals surface area contributed by atoms with Gasteiger partial charge in [-0.15, -0.1) is 11.3 Å². The number of aromatic nitrogens is 1. The maximum Gasteiger partial charge on any atom is 0.267 e. The van der Waals surface area contributed by atoms with Gasteiger partial charge in [0, 0.05) is 11.9 Å². The van der Waals surface area contributed by atoms with Crippen LogP contribution in [0.15, 0.2) is 36.5 Å². The van der Waals surface area contributed by atoms with Gasteiger partial charge in [0.2, 0.25) is 0 Å². The van der Waals surface area contributed by atoms with Crippen LogP contribution < -0.4 is 11.1 Å².